The molecule has 0 aliphatic carbocycles. The summed E-state index contributed by atoms with van der Waals surface area (Å²) < 4.78 is 7.63. The van der Waals surface area contributed by atoms with Gasteiger partial charge in [-0.2, -0.15) is 5.10 Å². The summed E-state index contributed by atoms with van der Waals surface area (Å²) in [5.74, 6) is 0.0482. The van der Waals surface area contributed by atoms with Crippen molar-refractivity contribution in [2.24, 2.45) is 0 Å². The Labute approximate surface area is 156 Å². The fourth-order valence-electron chi connectivity index (χ4n) is 3.90. The van der Waals surface area contributed by atoms with Crippen molar-refractivity contribution in [2.75, 3.05) is 31.1 Å². The van der Waals surface area contributed by atoms with E-state index in [9.17, 15) is 9.59 Å². The fraction of sp³-hybridized carbons (Fsp3) is 0.421. The highest BCUT2D eigenvalue weighted by Crippen LogP contribution is 2.27. The zero-order valence-electron chi connectivity index (χ0n) is 14.9. The van der Waals surface area contributed by atoms with Gasteiger partial charge >= 0.3 is 6.03 Å². The molecule has 140 valence electrons. The second-order valence-electron chi connectivity index (χ2n) is 7.23. The molecule has 3 amide bonds. The van der Waals surface area contributed by atoms with Gasteiger partial charge in [-0.05, 0) is 11.1 Å². The number of nitrogens with one attached hydrogen (secondary N) is 1. The summed E-state index contributed by atoms with van der Waals surface area (Å²) in [6.07, 6.45) is 3.82. The van der Waals surface area contributed by atoms with Gasteiger partial charge in [-0.1, -0.05) is 24.3 Å². The molecule has 4 heterocycles. The van der Waals surface area contributed by atoms with Crippen LogP contribution in [-0.2, 0) is 22.6 Å². The molecule has 3 aliphatic heterocycles. The Morgan fingerprint density at radius 1 is 1.22 bits per heavy atom. The van der Waals surface area contributed by atoms with Gasteiger partial charge < -0.3 is 15.0 Å². The quantitative estimate of drug-likeness (QED) is 0.876. The average molecular weight is 367 g/mol. The first kappa shape index (κ1) is 16.3. The number of amides is 3. The van der Waals surface area contributed by atoms with Gasteiger partial charge in [0, 0.05) is 38.8 Å². The van der Waals surface area contributed by atoms with Crippen LogP contribution in [0.2, 0.25) is 0 Å². The lowest BCUT2D eigenvalue weighted by Gasteiger charge is -2.41. The summed E-state index contributed by atoms with van der Waals surface area (Å²) in [7, 11) is 0. The molecule has 0 bridgehead atoms. The molecule has 5 rings (SSSR count). The minimum absolute atomic E-state index is 0.0482. The average Bonchev–Trinajstić information content (AvgIpc) is 3.29. The number of urea groups is 1. The van der Waals surface area contributed by atoms with Crippen LogP contribution >= 0.6 is 0 Å². The molecule has 8 nitrogen and oxygen atoms in total. The van der Waals surface area contributed by atoms with E-state index in [1.165, 1.54) is 5.56 Å². The van der Waals surface area contributed by atoms with Crippen LogP contribution in [0.25, 0.3) is 0 Å². The molecule has 1 unspecified atom stereocenters. The molecule has 27 heavy (non-hydrogen) atoms. The number of carbonyl (C=O) groups excluding carboxylic acids is 2. The zero-order chi connectivity index (χ0) is 18.4. The Bertz CT molecular complexity index is 889. The van der Waals surface area contributed by atoms with E-state index in [-0.39, 0.29) is 18.0 Å². The van der Waals surface area contributed by atoms with Gasteiger partial charge in [0.1, 0.15) is 6.10 Å². The first-order valence-corrected chi connectivity index (χ1v) is 9.26. The Balaban J connectivity index is 1.19. The van der Waals surface area contributed by atoms with Crippen LogP contribution < -0.4 is 10.2 Å². The topological polar surface area (TPSA) is 79.7 Å². The van der Waals surface area contributed by atoms with Crippen molar-refractivity contribution in [3.8, 4) is 0 Å². The van der Waals surface area contributed by atoms with Gasteiger partial charge in [0.05, 0.1) is 24.5 Å². The summed E-state index contributed by atoms with van der Waals surface area (Å²) in [5.41, 5.74) is 3.15. The van der Waals surface area contributed by atoms with E-state index in [1.54, 1.807) is 11.1 Å². The number of carbonyl (C=O) groups is 2. The predicted octanol–water partition coefficient (Wildman–Crippen LogP) is 0.937. The molecular formula is C19H21N5O3. The smallest absolute Gasteiger partial charge is 0.322 e. The second-order valence-corrected chi connectivity index (χ2v) is 7.23. The Kier molecular flexibility index (Phi) is 3.86. The number of ether oxygens (including phenoxy) is 1. The number of likely N-dealkylation sites (tertiary alicyclic amines) is 1. The van der Waals surface area contributed by atoms with Gasteiger partial charge in [-0.3, -0.25) is 14.4 Å². The SMILES string of the molecule is O=C(C1Cc2ccccc2CO1)N1CC(n2cc(N3CCNC3=O)cn2)C1. The van der Waals surface area contributed by atoms with Gasteiger partial charge in [0.25, 0.3) is 5.91 Å². The molecule has 1 aromatic heterocycles. The van der Waals surface area contributed by atoms with Crippen LogP contribution in [0, 0.1) is 0 Å². The van der Waals surface area contributed by atoms with Crippen LogP contribution in [0.4, 0.5) is 10.5 Å². The Morgan fingerprint density at radius 3 is 2.81 bits per heavy atom. The maximum absolute atomic E-state index is 12.7. The fourth-order valence-corrected chi connectivity index (χ4v) is 3.90. The van der Waals surface area contributed by atoms with Crippen molar-refractivity contribution < 1.29 is 14.3 Å². The van der Waals surface area contributed by atoms with Crippen molar-refractivity contribution in [3.63, 3.8) is 0 Å². The van der Waals surface area contributed by atoms with Gasteiger partial charge in [-0.15, -0.1) is 0 Å². The summed E-state index contributed by atoms with van der Waals surface area (Å²) in [6, 6.07) is 8.16. The first-order chi connectivity index (χ1) is 13.2. The monoisotopic (exact) mass is 367 g/mol. The highest BCUT2D eigenvalue weighted by atomic mass is 16.5. The number of nitrogens with zero attached hydrogens (tertiary/aromatic N) is 4. The molecule has 0 radical (unpaired) electrons. The lowest BCUT2D eigenvalue weighted by atomic mass is 9.97. The number of anilines is 1. The minimum Gasteiger partial charge on any atom is -0.363 e. The Morgan fingerprint density at radius 2 is 2.04 bits per heavy atom. The van der Waals surface area contributed by atoms with Crippen LogP contribution in [0.5, 0.6) is 0 Å². The molecule has 2 fully saturated rings. The standard InChI is InChI=1S/C19H21N5O3/c25-18(17-7-13-3-1-2-4-14(13)12-27-17)22-9-16(10-22)24-11-15(8-21-24)23-6-5-20-19(23)26/h1-4,8,11,16-17H,5-7,9-10,12H2,(H,20,26). The lowest BCUT2D eigenvalue weighted by Crippen LogP contribution is -2.55. The zero-order valence-corrected chi connectivity index (χ0v) is 14.9. The van der Waals surface area contributed by atoms with Crippen molar-refractivity contribution in [2.45, 2.75) is 25.2 Å². The van der Waals surface area contributed by atoms with Gasteiger partial charge in [0.15, 0.2) is 0 Å². The number of benzene rings is 1. The summed E-state index contributed by atoms with van der Waals surface area (Å²) >= 11 is 0. The third kappa shape index (κ3) is 2.86. The summed E-state index contributed by atoms with van der Waals surface area (Å²) in [6.45, 7) is 3.03. The van der Waals surface area contributed by atoms with E-state index >= 15 is 0 Å². The van der Waals surface area contributed by atoms with E-state index in [1.807, 2.05) is 34.0 Å². The van der Waals surface area contributed by atoms with E-state index in [0.717, 1.165) is 11.3 Å². The molecule has 3 aliphatic rings. The lowest BCUT2D eigenvalue weighted by molar-refractivity contribution is -0.151. The molecular weight excluding hydrogens is 346 g/mol. The molecule has 1 N–H and O–H groups in total. The van der Waals surface area contributed by atoms with Gasteiger partial charge in [0.2, 0.25) is 0 Å². The molecule has 8 heteroatoms. The molecule has 0 saturated carbocycles. The van der Waals surface area contributed by atoms with Crippen LogP contribution in [-0.4, -0.2) is 58.9 Å². The molecule has 2 aromatic rings. The number of fused-ring (bicyclic) bond motifs is 1. The predicted molar refractivity (Wildman–Crippen MR) is 97.3 cm³/mol. The van der Waals surface area contributed by atoms with Crippen molar-refractivity contribution in [1.29, 1.82) is 0 Å². The highest BCUT2D eigenvalue weighted by molar-refractivity contribution is 5.93. The number of hydrogen-bond donors (Lipinski definition) is 1. The first-order valence-electron chi connectivity index (χ1n) is 9.26. The molecule has 2 saturated heterocycles. The van der Waals surface area contributed by atoms with Crippen molar-refractivity contribution in [1.82, 2.24) is 20.0 Å². The summed E-state index contributed by atoms with van der Waals surface area (Å²) in [4.78, 5) is 28.0. The maximum atomic E-state index is 12.7. The van der Waals surface area contributed by atoms with Gasteiger partial charge in [-0.25, -0.2) is 4.79 Å². The van der Waals surface area contributed by atoms with Crippen LogP contribution in [0.3, 0.4) is 0 Å². The number of hydrogen-bond acceptors (Lipinski definition) is 4. The Hall–Kier alpha value is -2.87. The van der Waals surface area contributed by atoms with Crippen LogP contribution in [0.1, 0.15) is 17.2 Å². The van der Waals surface area contributed by atoms with E-state index < -0.39 is 6.10 Å². The van der Waals surface area contributed by atoms with E-state index in [0.29, 0.717) is 39.2 Å². The second kappa shape index (κ2) is 6.38. The highest BCUT2D eigenvalue weighted by Gasteiger charge is 2.38. The third-order valence-electron chi connectivity index (χ3n) is 5.54. The minimum atomic E-state index is -0.401. The largest absolute Gasteiger partial charge is 0.363 e. The summed E-state index contributed by atoms with van der Waals surface area (Å²) in [5, 5.41) is 7.16. The van der Waals surface area contributed by atoms with E-state index in [2.05, 4.69) is 16.5 Å². The third-order valence-corrected chi connectivity index (χ3v) is 5.54. The van der Waals surface area contributed by atoms with Crippen molar-refractivity contribution in [3.05, 3.63) is 47.8 Å². The molecule has 1 atom stereocenters. The molecule has 0 spiro atoms. The maximum Gasteiger partial charge on any atom is 0.322 e. The van der Waals surface area contributed by atoms with Crippen molar-refractivity contribution >= 4 is 17.6 Å². The van der Waals surface area contributed by atoms with E-state index in [4.69, 9.17) is 4.74 Å². The number of aromatic nitrogens is 2. The molecule has 1 aromatic carbocycles. The van der Waals surface area contributed by atoms with Crippen LogP contribution in [0.15, 0.2) is 36.7 Å². The number of rotatable bonds is 3. The normalized spacial score (nSPS) is 22.4.